The van der Waals surface area contributed by atoms with E-state index in [-0.39, 0.29) is 0 Å². The Kier molecular flexibility index (Phi) is 5.36. The van der Waals surface area contributed by atoms with Gasteiger partial charge in [0, 0.05) is 5.69 Å². The summed E-state index contributed by atoms with van der Waals surface area (Å²) < 4.78 is 2.72. The van der Waals surface area contributed by atoms with Gasteiger partial charge in [0.15, 0.2) is 0 Å². The van der Waals surface area contributed by atoms with Crippen LogP contribution < -0.4 is 4.72 Å². The van der Waals surface area contributed by atoms with Gasteiger partial charge >= 0.3 is 0 Å². The summed E-state index contributed by atoms with van der Waals surface area (Å²) in [6.07, 6.45) is 0. The maximum Gasteiger partial charge on any atom is 0.0437 e. The molecule has 0 aliphatic rings. The van der Waals surface area contributed by atoms with Crippen molar-refractivity contribution in [2.75, 3.05) is 4.72 Å². The molecule has 0 amide bonds. The summed E-state index contributed by atoms with van der Waals surface area (Å²) in [4.78, 5) is 0. The third kappa shape index (κ3) is 4.58. The molecule has 1 nitrogen and oxygen atoms in total. The molecule has 2 rings (SSSR count). The van der Waals surface area contributed by atoms with Crippen LogP contribution >= 0.6 is 12.8 Å². The highest BCUT2D eigenvalue weighted by Gasteiger charge is 1.78. The van der Waals surface area contributed by atoms with Crippen molar-refractivity contribution in [3.8, 4) is 0 Å². The van der Waals surface area contributed by atoms with E-state index < -0.39 is 0 Å². The van der Waals surface area contributed by atoms with Crippen molar-refractivity contribution in [3.05, 3.63) is 66.7 Å². The second-order valence-electron chi connectivity index (χ2n) is 2.63. The van der Waals surface area contributed by atoms with Gasteiger partial charge in [0.05, 0.1) is 0 Å². The molecule has 0 heterocycles. The van der Waals surface area contributed by atoms with Crippen LogP contribution in [0.3, 0.4) is 0 Å². The molecule has 2 aromatic rings. The predicted octanol–water partition coefficient (Wildman–Crippen LogP) is 3.63. The fourth-order valence-corrected chi connectivity index (χ4v) is 1.05. The monoisotopic (exact) mass is 203 g/mol. The van der Waals surface area contributed by atoms with Crippen molar-refractivity contribution in [2.24, 2.45) is 0 Å². The molecule has 0 fully saturated rings. The number of rotatable bonds is 1. The first kappa shape index (κ1) is 10.7. The second kappa shape index (κ2) is 7.04. The molecule has 0 atom stereocenters. The predicted molar refractivity (Wildman–Crippen MR) is 65.5 cm³/mol. The van der Waals surface area contributed by atoms with E-state index in [0.29, 0.717) is 0 Å². The molecular weight excluding hydrogens is 190 g/mol. The quantitative estimate of drug-likeness (QED) is 0.674. The van der Waals surface area contributed by atoms with E-state index in [4.69, 9.17) is 0 Å². The van der Waals surface area contributed by atoms with Crippen molar-refractivity contribution in [2.45, 2.75) is 0 Å². The molecule has 0 aliphatic heterocycles. The average Bonchev–Trinajstić information content (AvgIpc) is 2.33. The maximum absolute atomic E-state index is 3.86. The topological polar surface area (TPSA) is 12.0 Å². The van der Waals surface area contributed by atoms with Crippen molar-refractivity contribution < 1.29 is 0 Å². The van der Waals surface area contributed by atoms with Gasteiger partial charge in [-0.1, -0.05) is 67.4 Å². The number of para-hydroxylation sites is 1. The summed E-state index contributed by atoms with van der Waals surface area (Å²) in [5.41, 5.74) is 1.02. The molecule has 2 aromatic carbocycles. The van der Waals surface area contributed by atoms with Gasteiger partial charge in [-0.3, -0.25) is 0 Å². The largest absolute Gasteiger partial charge is 0.332 e. The number of thiol groups is 1. The Labute approximate surface area is 90.3 Å². The third-order valence-electron chi connectivity index (χ3n) is 1.57. The number of benzene rings is 2. The van der Waals surface area contributed by atoms with Gasteiger partial charge in [0.25, 0.3) is 0 Å². The van der Waals surface area contributed by atoms with Gasteiger partial charge in [0.1, 0.15) is 0 Å². The third-order valence-corrected chi connectivity index (χ3v) is 1.83. The smallest absolute Gasteiger partial charge is 0.0437 e. The van der Waals surface area contributed by atoms with Crippen LogP contribution in [-0.4, -0.2) is 0 Å². The number of hydrogen-bond donors (Lipinski definition) is 2. The van der Waals surface area contributed by atoms with Gasteiger partial charge in [0.2, 0.25) is 0 Å². The Hall–Kier alpha value is -1.41. The lowest BCUT2D eigenvalue weighted by Gasteiger charge is -1.92. The minimum absolute atomic E-state index is 1.02. The molecule has 0 unspecified atom stereocenters. The summed E-state index contributed by atoms with van der Waals surface area (Å²) in [5, 5.41) is 0. The van der Waals surface area contributed by atoms with Crippen LogP contribution in [-0.2, 0) is 0 Å². The zero-order chi connectivity index (χ0) is 10.1. The molecule has 2 heteroatoms. The van der Waals surface area contributed by atoms with Gasteiger partial charge < -0.3 is 4.72 Å². The van der Waals surface area contributed by atoms with Crippen LogP contribution in [0.15, 0.2) is 66.7 Å². The van der Waals surface area contributed by atoms with Crippen LogP contribution in [0.1, 0.15) is 0 Å². The average molecular weight is 203 g/mol. The fourth-order valence-electron chi connectivity index (χ4n) is 0.898. The molecule has 0 saturated heterocycles. The lowest BCUT2D eigenvalue weighted by atomic mass is 10.3. The summed E-state index contributed by atoms with van der Waals surface area (Å²) in [5.74, 6) is 0. The second-order valence-corrected chi connectivity index (χ2v) is 2.86. The van der Waals surface area contributed by atoms with Gasteiger partial charge in [-0.25, -0.2) is 0 Å². The number of hydrogen-bond acceptors (Lipinski definition) is 2. The molecule has 0 bridgehead atoms. The van der Waals surface area contributed by atoms with E-state index >= 15 is 0 Å². The molecule has 0 spiro atoms. The Morgan fingerprint density at radius 2 is 1.00 bits per heavy atom. The maximum atomic E-state index is 3.86. The molecule has 0 saturated carbocycles. The molecule has 0 aliphatic carbocycles. The van der Waals surface area contributed by atoms with Crippen molar-refractivity contribution >= 4 is 18.5 Å². The first-order valence-corrected chi connectivity index (χ1v) is 4.83. The van der Waals surface area contributed by atoms with Crippen LogP contribution in [0.2, 0.25) is 0 Å². The SMILES string of the molecule is SNc1ccccc1.c1ccccc1. The van der Waals surface area contributed by atoms with Crippen molar-refractivity contribution in [3.63, 3.8) is 0 Å². The van der Waals surface area contributed by atoms with E-state index in [1.165, 1.54) is 0 Å². The first-order chi connectivity index (χ1) is 6.93. The van der Waals surface area contributed by atoms with Crippen molar-refractivity contribution in [1.82, 2.24) is 0 Å². The molecule has 0 aromatic heterocycles. The lowest BCUT2D eigenvalue weighted by molar-refractivity contribution is 1.69. The highest BCUT2D eigenvalue weighted by molar-refractivity contribution is 7.81. The molecule has 0 radical (unpaired) electrons. The minimum atomic E-state index is 1.02. The Morgan fingerprint density at radius 3 is 1.29 bits per heavy atom. The van der Waals surface area contributed by atoms with Crippen LogP contribution in [0.5, 0.6) is 0 Å². The Bertz CT molecular complexity index is 294. The van der Waals surface area contributed by atoms with Gasteiger partial charge in [-0.2, -0.15) is 0 Å². The fraction of sp³-hybridized carbons (Fsp3) is 0. The van der Waals surface area contributed by atoms with Crippen LogP contribution in [0.25, 0.3) is 0 Å². The lowest BCUT2D eigenvalue weighted by Crippen LogP contribution is -1.75. The molecular formula is C12H13NS. The molecule has 1 N–H and O–H groups in total. The highest BCUT2D eigenvalue weighted by Crippen LogP contribution is 2.04. The van der Waals surface area contributed by atoms with Crippen LogP contribution in [0, 0.1) is 0 Å². The van der Waals surface area contributed by atoms with E-state index in [1.807, 2.05) is 66.7 Å². The summed E-state index contributed by atoms with van der Waals surface area (Å²) in [6.45, 7) is 0. The van der Waals surface area contributed by atoms with Crippen molar-refractivity contribution in [1.29, 1.82) is 0 Å². The molecule has 72 valence electrons. The standard InChI is InChI=1S/C6H7NS.C6H6/c8-7-6-4-2-1-3-5-6;1-2-4-6-5-3-1/h1-5,7-8H;1-6H. The summed E-state index contributed by atoms with van der Waals surface area (Å²) in [6, 6.07) is 21.8. The van der Waals surface area contributed by atoms with Crippen LogP contribution in [0.4, 0.5) is 5.69 Å². The minimum Gasteiger partial charge on any atom is -0.332 e. The summed E-state index contributed by atoms with van der Waals surface area (Å²) >= 11 is 3.86. The normalized spacial score (nSPS) is 8.36. The Balaban J connectivity index is 0.000000146. The number of nitrogens with one attached hydrogen (secondary N) is 1. The summed E-state index contributed by atoms with van der Waals surface area (Å²) in [7, 11) is 0. The van der Waals surface area contributed by atoms with Gasteiger partial charge in [-0.05, 0) is 12.1 Å². The van der Waals surface area contributed by atoms with E-state index in [9.17, 15) is 0 Å². The zero-order valence-electron chi connectivity index (χ0n) is 7.80. The molecule has 14 heavy (non-hydrogen) atoms. The first-order valence-electron chi connectivity index (χ1n) is 4.38. The Morgan fingerprint density at radius 1 is 0.643 bits per heavy atom. The van der Waals surface area contributed by atoms with E-state index in [0.717, 1.165) is 5.69 Å². The van der Waals surface area contributed by atoms with Gasteiger partial charge in [-0.15, -0.1) is 0 Å². The zero-order valence-corrected chi connectivity index (χ0v) is 8.69. The highest BCUT2D eigenvalue weighted by atomic mass is 32.1. The van der Waals surface area contributed by atoms with E-state index in [1.54, 1.807) is 0 Å². The number of anilines is 1. The van der Waals surface area contributed by atoms with E-state index in [2.05, 4.69) is 17.5 Å².